The molecule has 19 heavy (non-hydrogen) atoms. The molecule has 1 amide bonds. The molecule has 0 saturated carbocycles. The van der Waals surface area contributed by atoms with Crippen LogP contribution in [0.25, 0.3) is 0 Å². The van der Waals surface area contributed by atoms with Gasteiger partial charge in [0, 0.05) is 31.6 Å². The zero-order valence-corrected chi connectivity index (χ0v) is 10.9. The summed E-state index contributed by atoms with van der Waals surface area (Å²) in [7, 11) is 1.62. The lowest BCUT2D eigenvalue weighted by Crippen LogP contribution is -2.18. The summed E-state index contributed by atoms with van der Waals surface area (Å²) < 4.78 is 16.2. The fraction of sp³-hybridized carbons (Fsp3) is 0.462. The van der Waals surface area contributed by atoms with Crippen LogP contribution in [-0.2, 0) is 11.3 Å². The van der Waals surface area contributed by atoms with Crippen LogP contribution < -0.4 is 25.3 Å². The summed E-state index contributed by atoms with van der Waals surface area (Å²) in [6.07, 6.45) is 1.09. The van der Waals surface area contributed by atoms with Gasteiger partial charge in [-0.3, -0.25) is 4.79 Å². The van der Waals surface area contributed by atoms with Crippen LogP contribution in [0.5, 0.6) is 17.2 Å². The van der Waals surface area contributed by atoms with Crippen molar-refractivity contribution >= 4 is 5.91 Å². The molecule has 1 aromatic rings. The monoisotopic (exact) mass is 266 g/mol. The highest BCUT2D eigenvalue weighted by Gasteiger charge is 2.17. The zero-order chi connectivity index (χ0) is 13.7. The molecule has 1 heterocycles. The van der Waals surface area contributed by atoms with E-state index in [2.05, 4.69) is 5.32 Å². The van der Waals surface area contributed by atoms with Gasteiger partial charge < -0.3 is 25.3 Å². The largest absolute Gasteiger partial charge is 0.493 e. The van der Waals surface area contributed by atoms with Crippen molar-refractivity contribution in [1.82, 2.24) is 5.32 Å². The van der Waals surface area contributed by atoms with E-state index >= 15 is 0 Å². The predicted molar refractivity (Wildman–Crippen MR) is 69.3 cm³/mol. The van der Waals surface area contributed by atoms with Crippen LogP contribution in [0.2, 0.25) is 0 Å². The molecule has 0 spiro atoms. The molecule has 0 aromatic heterocycles. The van der Waals surface area contributed by atoms with Gasteiger partial charge in [-0.25, -0.2) is 0 Å². The molecule has 1 aliphatic heterocycles. The molecular formula is C13H18N2O4. The molecule has 0 unspecified atom stereocenters. The summed E-state index contributed by atoms with van der Waals surface area (Å²) >= 11 is 0. The molecule has 2 rings (SSSR count). The minimum Gasteiger partial charge on any atom is -0.493 e. The molecule has 104 valence electrons. The van der Waals surface area contributed by atoms with Crippen LogP contribution >= 0.6 is 0 Å². The van der Waals surface area contributed by atoms with Crippen LogP contribution in [-0.4, -0.2) is 26.4 Å². The maximum absolute atomic E-state index is 11.1. The number of amides is 1. The van der Waals surface area contributed by atoms with Crippen LogP contribution in [0, 0.1) is 0 Å². The van der Waals surface area contributed by atoms with Crippen LogP contribution in [0.4, 0.5) is 0 Å². The summed E-state index contributed by atoms with van der Waals surface area (Å²) in [5, 5.41) is 2.57. The Labute approximate surface area is 111 Å². The lowest BCUT2D eigenvalue weighted by molar-refractivity contribution is -0.120. The second kappa shape index (κ2) is 6.29. The van der Waals surface area contributed by atoms with Gasteiger partial charge in [0.05, 0.1) is 6.61 Å². The van der Waals surface area contributed by atoms with Crippen molar-refractivity contribution in [1.29, 1.82) is 0 Å². The van der Waals surface area contributed by atoms with Gasteiger partial charge in [-0.1, -0.05) is 0 Å². The Hall–Kier alpha value is -1.95. The number of ether oxygens (including phenoxy) is 3. The van der Waals surface area contributed by atoms with Gasteiger partial charge >= 0.3 is 0 Å². The first-order chi connectivity index (χ1) is 9.24. The zero-order valence-electron chi connectivity index (χ0n) is 10.9. The number of fused-ring (bicyclic) bond motifs is 1. The standard InChI is InChI=1S/C13H18N2O4/c1-15-13(16)3-2-4-17-10-6-12-11(18-8-19-12)5-9(10)7-14/h5-6H,2-4,7-8,14H2,1H3,(H,15,16). The number of carbonyl (C=O) groups is 1. The number of carbonyl (C=O) groups excluding carboxylic acids is 1. The highest BCUT2D eigenvalue weighted by Crippen LogP contribution is 2.38. The molecule has 0 bridgehead atoms. The second-order valence-corrected chi connectivity index (χ2v) is 4.14. The van der Waals surface area contributed by atoms with E-state index in [1.165, 1.54) is 0 Å². The summed E-state index contributed by atoms with van der Waals surface area (Å²) in [6.45, 7) is 1.04. The van der Waals surface area contributed by atoms with E-state index < -0.39 is 0 Å². The molecule has 0 fully saturated rings. The van der Waals surface area contributed by atoms with E-state index in [1.54, 1.807) is 13.1 Å². The van der Waals surface area contributed by atoms with Crippen molar-refractivity contribution in [3.63, 3.8) is 0 Å². The molecule has 0 radical (unpaired) electrons. The summed E-state index contributed by atoms with van der Waals surface area (Å²) in [5.41, 5.74) is 6.54. The van der Waals surface area contributed by atoms with Crippen molar-refractivity contribution < 1.29 is 19.0 Å². The Balaban J connectivity index is 1.94. The highest BCUT2D eigenvalue weighted by molar-refractivity contribution is 5.75. The number of benzene rings is 1. The quantitative estimate of drug-likeness (QED) is 0.743. The summed E-state index contributed by atoms with van der Waals surface area (Å²) in [4.78, 5) is 11.1. The summed E-state index contributed by atoms with van der Waals surface area (Å²) in [6, 6.07) is 3.61. The Bertz CT molecular complexity index is 462. The van der Waals surface area contributed by atoms with Gasteiger partial charge in [-0.2, -0.15) is 0 Å². The number of nitrogens with one attached hydrogen (secondary N) is 1. The Morgan fingerprint density at radius 1 is 1.42 bits per heavy atom. The molecule has 1 aliphatic rings. The van der Waals surface area contributed by atoms with Gasteiger partial charge in [0.1, 0.15) is 5.75 Å². The maximum Gasteiger partial charge on any atom is 0.231 e. The first-order valence-electron chi connectivity index (χ1n) is 6.20. The van der Waals surface area contributed by atoms with Gasteiger partial charge in [0.25, 0.3) is 0 Å². The van der Waals surface area contributed by atoms with Crippen LogP contribution in [0.15, 0.2) is 12.1 Å². The number of hydrogen-bond acceptors (Lipinski definition) is 5. The highest BCUT2D eigenvalue weighted by atomic mass is 16.7. The smallest absolute Gasteiger partial charge is 0.231 e. The number of nitrogens with two attached hydrogens (primary N) is 1. The molecule has 0 aliphatic carbocycles. The molecule has 0 saturated heterocycles. The van der Waals surface area contributed by atoms with E-state index in [-0.39, 0.29) is 12.7 Å². The Morgan fingerprint density at radius 2 is 2.16 bits per heavy atom. The van der Waals surface area contributed by atoms with Crippen molar-refractivity contribution in [2.75, 3.05) is 20.4 Å². The third-order valence-electron chi connectivity index (χ3n) is 2.86. The molecule has 0 atom stereocenters. The normalized spacial score (nSPS) is 12.3. The second-order valence-electron chi connectivity index (χ2n) is 4.14. The van der Waals surface area contributed by atoms with Gasteiger partial charge in [0.15, 0.2) is 11.5 Å². The molecule has 6 heteroatoms. The SMILES string of the molecule is CNC(=O)CCCOc1cc2c(cc1CN)OCO2. The predicted octanol–water partition coefficient (Wildman–Crippen LogP) is 0.779. The fourth-order valence-corrected chi connectivity index (χ4v) is 1.80. The van der Waals surface area contributed by atoms with Crippen molar-refractivity contribution in [2.45, 2.75) is 19.4 Å². The molecule has 6 nitrogen and oxygen atoms in total. The Kier molecular flexibility index (Phi) is 4.46. The first kappa shape index (κ1) is 13.5. The van der Waals surface area contributed by atoms with E-state index in [9.17, 15) is 4.79 Å². The molecule has 1 aromatic carbocycles. The average Bonchev–Trinajstić information content (AvgIpc) is 2.89. The number of rotatable bonds is 6. The van der Waals surface area contributed by atoms with Crippen LogP contribution in [0.3, 0.4) is 0 Å². The first-order valence-corrected chi connectivity index (χ1v) is 6.20. The van der Waals surface area contributed by atoms with Gasteiger partial charge in [-0.05, 0) is 12.5 Å². The third kappa shape index (κ3) is 3.29. The van der Waals surface area contributed by atoms with Crippen LogP contribution in [0.1, 0.15) is 18.4 Å². The van der Waals surface area contributed by atoms with E-state index in [4.69, 9.17) is 19.9 Å². The van der Waals surface area contributed by atoms with E-state index in [1.807, 2.05) is 6.07 Å². The topological polar surface area (TPSA) is 82.8 Å². The maximum atomic E-state index is 11.1. The minimum atomic E-state index is 0.00772. The fourth-order valence-electron chi connectivity index (χ4n) is 1.80. The molecular weight excluding hydrogens is 248 g/mol. The minimum absolute atomic E-state index is 0.00772. The molecule has 3 N–H and O–H groups in total. The number of hydrogen-bond donors (Lipinski definition) is 2. The average molecular weight is 266 g/mol. The van der Waals surface area contributed by atoms with Crippen molar-refractivity contribution in [3.8, 4) is 17.2 Å². The van der Waals surface area contributed by atoms with Crippen molar-refractivity contribution in [2.24, 2.45) is 5.73 Å². The lowest BCUT2D eigenvalue weighted by atomic mass is 10.1. The lowest BCUT2D eigenvalue weighted by Gasteiger charge is -2.11. The van der Waals surface area contributed by atoms with E-state index in [0.717, 1.165) is 5.56 Å². The van der Waals surface area contributed by atoms with Crippen molar-refractivity contribution in [3.05, 3.63) is 17.7 Å². The van der Waals surface area contributed by atoms with Gasteiger partial charge in [-0.15, -0.1) is 0 Å². The van der Waals surface area contributed by atoms with E-state index in [0.29, 0.717) is 43.2 Å². The Morgan fingerprint density at radius 3 is 2.84 bits per heavy atom. The third-order valence-corrected chi connectivity index (χ3v) is 2.86. The summed E-state index contributed by atoms with van der Waals surface area (Å²) in [5.74, 6) is 2.05. The van der Waals surface area contributed by atoms with Gasteiger partial charge in [0.2, 0.25) is 12.7 Å².